The fourth-order valence-electron chi connectivity index (χ4n) is 1.53. The zero-order valence-corrected chi connectivity index (χ0v) is 12.0. The number of nitrogens with one attached hydrogen (secondary N) is 1. The third-order valence-electron chi connectivity index (χ3n) is 2.45. The molecular formula is C12H14N2O3S2. The second kappa shape index (κ2) is 5.79. The first-order valence-electron chi connectivity index (χ1n) is 5.63. The number of rotatable bonds is 5. The molecule has 0 aliphatic heterocycles. The summed E-state index contributed by atoms with van der Waals surface area (Å²) in [4.78, 5) is 4.85. The van der Waals surface area contributed by atoms with Gasteiger partial charge in [-0.25, -0.2) is 13.1 Å². The SMILES string of the molecule is Cc1cccc(CNS(=O)(=O)c2ccc(CO)s2)n1. The number of aryl methyl sites for hydroxylation is 1. The Morgan fingerprint density at radius 2 is 2.11 bits per heavy atom. The number of aromatic nitrogens is 1. The molecule has 2 heterocycles. The number of sulfonamides is 1. The van der Waals surface area contributed by atoms with E-state index in [1.54, 1.807) is 12.1 Å². The molecule has 0 aliphatic carbocycles. The molecule has 0 radical (unpaired) electrons. The van der Waals surface area contributed by atoms with Crippen LogP contribution < -0.4 is 4.72 Å². The molecule has 2 rings (SSSR count). The highest BCUT2D eigenvalue weighted by Gasteiger charge is 2.16. The highest BCUT2D eigenvalue weighted by Crippen LogP contribution is 2.21. The van der Waals surface area contributed by atoms with Gasteiger partial charge in [-0.3, -0.25) is 4.98 Å². The molecule has 0 aliphatic rings. The summed E-state index contributed by atoms with van der Waals surface area (Å²) in [5.74, 6) is 0. The molecule has 7 heteroatoms. The van der Waals surface area contributed by atoms with Crippen molar-refractivity contribution in [1.82, 2.24) is 9.71 Å². The van der Waals surface area contributed by atoms with E-state index < -0.39 is 10.0 Å². The van der Waals surface area contributed by atoms with E-state index in [-0.39, 0.29) is 17.4 Å². The predicted molar refractivity (Wildman–Crippen MR) is 73.2 cm³/mol. The van der Waals surface area contributed by atoms with E-state index in [2.05, 4.69) is 9.71 Å². The van der Waals surface area contributed by atoms with Gasteiger partial charge in [-0.2, -0.15) is 0 Å². The Bertz CT molecular complexity index is 665. The number of pyridine rings is 1. The van der Waals surface area contributed by atoms with Crippen LogP contribution in [0.1, 0.15) is 16.3 Å². The van der Waals surface area contributed by atoms with Crippen LogP contribution in [0.3, 0.4) is 0 Å². The number of aliphatic hydroxyl groups excluding tert-OH is 1. The number of thiophene rings is 1. The zero-order valence-electron chi connectivity index (χ0n) is 10.3. The number of aliphatic hydroxyl groups is 1. The third kappa shape index (κ3) is 3.60. The molecule has 102 valence electrons. The van der Waals surface area contributed by atoms with E-state index in [1.165, 1.54) is 6.07 Å². The lowest BCUT2D eigenvalue weighted by Gasteiger charge is -2.04. The molecular weight excluding hydrogens is 284 g/mol. The Morgan fingerprint density at radius 3 is 2.74 bits per heavy atom. The van der Waals surface area contributed by atoms with Crippen LogP contribution in [0.4, 0.5) is 0 Å². The van der Waals surface area contributed by atoms with E-state index >= 15 is 0 Å². The zero-order chi connectivity index (χ0) is 13.9. The maximum Gasteiger partial charge on any atom is 0.250 e. The van der Waals surface area contributed by atoms with E-state index in [0.29, 0.717) is 10.6 Å². The first kappa shape index (κ1) is 14.1. The van der Waals surface area contributed by atoms with Gasteiger partial charge < -0.3 is 5.11 Å². The summed E-state index contributed by atoms with van der Waals surface area (Å²) in [6.07, 6.45) is 0. The molecule has 0 atom stereocenters. The molecule has 2 aromatic rings. The van der Waals surface area contributed by atoms with Crippen molar-refractivity contribution in [2.45, 2.75) is 24.3 Å². The van der Waals surface area contributed by atoms with Crippen LogP contribution in [-0.2, 0) is 23.2 Å². The van der Waals surface area contributed by atoms with Crippen molar-refractivity contribution in [2.75, 3.05) is 0 Å². The topological polar surface area (TPSA) is 79.3 Å². The van der Waals surface area contributed by atoms with E-state index in [4.69, 9.17) is 5.11 Å². The van der Waals surface area contributed by atoms with Gasteiger partial charge in [0.25, 0.3) is 0 Å². The van der Waals surface area contributed by atoms with Crippen LogP contribution in [0, 0.1) is 6.92 Å². The van der Waals surface area contributed by atoms with Crippen molar-refractivity contribution in [3.05, 3.63) is 46.6 Å². The first-order valence-corrected chi connectivity index (χ1v) is 7.93. The fraction of sp³-hybridized carbons (Fsp3) is 0.250. The maximum absolute atomic E-state index is 12.0. The second-order valence-corrected chi connectivity index (χ2v) is 7.14. The number of hydrogen-bond donors (Lipinski definition) is 2. The summed E-state index contributed by atoms with van der Waals surface area (Å²) >= 11 is 1.06. The number of nitrogens with zero attached hydrogens (tertiary/aromatic N) is 1. The van der Waals surface area contributed by atoms with Crippen molar-refractivity contribution >= 4 is 21.4 Å². The molecule has 0 saturated heterocycles. The fourth-order valence-corrected chi connectivity index (χ4v) is 3.78. The highest BCUT2D eigenvalue weighted by atomic mass is 32.2. The monoisotopic (exact) mass is 298 g/mol. The second-order valence-electron chi connectivity index (χ2n) is 3.97. The molecule has 0 bridgehead atoms. The highest BCUT2D eigenvalue weighted by molar-refractivity contribution is 7.91. The Labute approximate surface area is 116 Å². The Morgan fingerprint density at radius 1 is 1.32 bits per heavy atom. The first-order chi connectivity index (χ1) is 9.01. The van der Waals surface area contributed by atoms with Gasteiger partial charge in [0.05, 0.1) is 18.8 Å². The van der Waals surface area contributed by atoms with Gasteiger partial charge in [-0.1, -0.05) is 6.07 Å². The number of hydrogen-bond acceptors (Lipinski definition) is 5. The van der Waals surface area contributed by atoms with Gasteiger partial charge in [0, 0.05) is 10.6 Å². The molecule has 0 fully saturated rings. The van der Waals surface area contributed by atoms with Gasteiger partial charge in [0.1, 0.15) is 4.21 Å². The van der Waals surface area contributed by atoms with Crippen LogP contribution >= 0.6 is 11.3 Å². The lowest BCUT2D eigenvalue weighted by atomic mass is 10.3. The molecule has 2 N–H and O–H groups in total. The summed E-state index contributed by atoms with van der Waals surface area (Å²) in [5, 5.41) is 8.94. The Balaban J connectivity index is 2.09. The molecule has 0 amide bonds. The van der Waals surface area contributed by atoms with Crippen LogP contribution in [0.5, 0.6) is 0 Å². The van der Waals surface area contributed by atoms with Crippen molar-refractivity contribution in [3.8, 4) is 0 Å². The molecule has 19 heavy (non-hydrogen) atoms. The average Bonchev–Trinajstić information content (AvgIpc) is 2.86. The van der Waals surface area contributed by atoms with Crippen molar-refractivity contribution < 1.29 is 13.5 Å². The van der Waals surface area contributed by atoms with Crippen molar-refractivity contribution in [2.24, 2.45) is 0 Å². The smallest absolute Gasteiger partial charge is 0.250 e. The van der Waals surface area contributed by atoms with E-state index in [1.807, 2.05) is 19.1 Å². The summed E-state index contributed by atoms with van der Waals surface area (Å²) in [7, 11) is -3.54. The standard InChI is InChI=1S/C12H14N2O3S2/c1-9-3-2-4-10(14-9)7-13-19(16,17)12-6-5-11(8-15)18-12/h2-6,13,15H,7-8H2,1H3. The molecule has 0 spiro atoms. The summed E-state index contributed by atoms with van der Waals surface area (Å²) in [5.41, 5.74) is 1.51. The molecule has 2 aromatic heterocycles. The van der Waals surface area contributed by atoms with Crippen LogP contribution in [0.2, 0.25) is 0 Å². The minimum Gasteiger partial charge on any atom is -0.391 e. The average molecular weight is 298 g/mol. The molecule has 0 aromatic carbocycles. The normalized spacial score (nSPS) is 11.7. The van der Waals surface area contributed by atoms with Crippen LogP contribution in [-0.4, -0.2) is 18.5 Å². The van der Waals surface area contributed by atoms with E-state index in [0.717, 1.165) is 17.0 Å². The predicted octanol–water partition coefficient (Wildman–Crippen LogP) is 1.42. The van der Waals surface area contributed by atoms with Gasteiger partial charge >= 0.3 is 0 Å². The molecule has 0 unspecified atom stereocenters. The summed E-state index contributed by atoms with van der Waals surface area (Å²) < 4.78 is 26.7. The molecule has 5 nitrogen and oxygen atoms in total. The third-order valence-corrected chi connectivity index (χ3v) is 5.41. The van der Waals surface area contributed by atoms with Crippen molar-refractivity contribution in [3.63, 3.8) is 0 Å². The lowest BCUT2D eigenvalue weighted by Crippen LogP contribution is -2.22. The molecule has 0 saturated carbocycles. The Hall–Kier alpha value is -1.28. The quantitative estimate of drug-likeness (QED) is 0.875. The van der Waals surface area contributed by atoms with Crippen LogP contribution in [0.15, 0.2) is 34.5 Å². The minimum absolute atomic E-state index is 0.149. The van der Waals surface area contributed by atoms with Crippen molar-refractivity contribution in [1.29, 1.82) is 0 Å². The van der Waals surface area contributed by atoms with Gasteiger partial charge in [0.15, 0.2) is 0 Å². The summed E-state index contributed by atoms with van der Waals surface area (Å²) in [6, 6.07) is 8.54. The van der Waals surface area contributed by atoms with Gasteiger partial charge in [-0.05, 0) is 31.2 Å². The summed E-state index contributed by atoms with van der Waals surface area (Å²) in [6.45, 7) is 1.85. The Kier molecular flexibility index (Phi) is 4.31. The van der Waals surface area contributed by atoms with Crippen LogP contribution in [0.25, 0.3) is 0 Å². The van der Waals surface area contributed by atoms with Gasteiger partial charge in [0.2, 0.25) is 10.0 Å². The van der Waals surface area contributed by atoms with Gasteiger partial charge in [-0.15, -0.1) is 11.3 Å². The minimum atomic E-state index is -3.54. The lowest BCUT2D eigenvalue weighted by molar-refractivity contribution is 0.285. The largest absolute Gasteiger partial charge is 0.391 e. The maximum atomic E-state index is 12.0. The van der Waals surface area contributed by atoms with E-state index in [9.17, 15) is 8.42 Å².